The maximum atomic E-state index is 12.5. The Morgan fingerprint density at radius 2 is 1.96 bits per heavy atom. The number of amides is 1. The fourth-order valence-electron chi connectivity index (χ4n) is 2.92. The van der Waals surface area contributed by atoms with Crippen molar-refractivity contribution in [1.82, 2.24) is 10.3 Å². The number of aromatic nitrogens is 1. The van der Waals surface area contributed by atoms with Gasteiger partial charge in [-0.1, -0.05) is 49.4 Å². The molecular formula is C22H21N3O. The molecule has 1 heterocycles. The molecule has 26 heavy (non-hydrogen) atoms. The predicted molar refractivity (Wildman–Crippen MR) is 104 cm³/mol. The highest BCUT2D eigenvalue weighted by Crippen LogP contribution is 2.21. The third-order valence-electron chi connectivity index (χ3n) is 4.52. The zero-order valence-corrected chi connectivity index (χ0v) is 14.9. The molecule has 0 spiro atoms. The van der Waals surface area contributed by atoms with Crippen LogP contribution in [0.5, 0.6) is 0 Å². The second-order valence-corrected chi connectivity index (χ2v) is 6.25. The number of hydrogen-bond acceptors (Lipinski definition) is 2. The number of nitrogens with zero attached hydrogens (tertiary/aromatic N) is 1. The van der Waals surface area contributed by atoms with Gasteiger partial charge in [0.05, 0.1) is 6.04 Å². The van der Waals surface area contributed by atoms with Gasteiger partial charge in [-0.2, -0.15) is 5.26 Å². The third-order valence-corrected chi connectivity index (χ3v) is 4.52. The average molecular weight is 343 g/mol. The van der Waals surface area contributed by atoms with E-state index >= 15 is 0 Å². The minimum absolute atomic E-state index is 0.0896. The summed E-state index contributed by atoms with van der Waals surface area (Å²) < 4.78 is 0. The maximum Gasteiger partial charge on any atom is 0.262 e. The first-order valence-electron chi connectivity index (χ1n) is 8.70. The van der Waals surface area contributed by atoms with E-state index in [9.17, 15) is 10.1 Å². The van der Waals surface area contributed by atoms with Crippen molar-refractivity contribution in [2.45, 2.75) is 26.3 Å². The molecule has 0 bridgehead atoms. The number of carbonyl (C=O) groups excluding carboxylic acids is 1. The Bertz CT molecular complexity index is 990. The van der Waals surface area contributed by atoms with Gasteiger partial charge in [0.25, 0.3) is 5.91 Å². The van der Waals surface area contributed by atoms with E-state index in [0.29, 0.717) is 0 Å². The van der Waals surface area contributed by atoms with Crippen molar-refractivity contribution in [2.24, 2.45) is 0 Å². The molecule has 130 valence electrons. The minimum atomic E-state index is -0.371. The molecule has 1 aromatic heterocycles. The summed E-state index contributed by atoms with van der Waals surface area (Å²) in [6, 6.07) is 17.8. The Hall–Kier alpha value is -3.32. The molecular weight excluding hydrogens is 322 g/mol. The van der Waals surface area contributed by atoms with Crippen LogP contribution in [-0.2, 0) is 11.2 Å². The fraction of sp³-hybridized carbons (Fsp3) is 0.182. The molecule has 0 unspecified atom stereocenters. The Morgan fingerprint density at radius 3 is 2.65 bits per heavy atom. The van der Waals surface area contributed by atoms with Crippen LogP contribution in [0.15, 0.2) is 60.3 Å². The molecule has 0 radical (unpaired) electrons. The number of aromatic amines is 1. The molecule has 3 rings (SSSR count). The normalized spacial score (nSPS) is 12.6. The van der Waals surface area contributed by atoms with Crippen molar-refractivity contribution >= 4 is 22.9 Å². The molecule has 3 aromatic rings. The quantitative estimate of drug-likeness (QED) is 0.528. The van der Waals surface area contributed by atoms with Gasteiger partial charge in [-0.25, -0.2) is 0 Å². The molecule has 0 saturated carbocycles. The molecule has 0 aliphatic heterocycles. The summed E-state index contributed by atoms with van der Waals surface area (Å²) in [6.07, 6.45) is 4.41. The monoisotopic (exact) mass is 343 g/mol. The topological polar surface area (TPSA) is 68.7 Å². The molecule has 2 aromatic carbocycles. The first kappa shape index (κ1) is 17.5. The van der Waals surface area contributed by atoms with E-state index in [-0.39, 0.29) is 17.5 Å². The summed E-state index contributed by atoms with van der Waals surface area (Å²) in [5.74, 6) is -0.371. The van der Waals surface area contributed by atoms with E-state index < -0.39 is 0 Å². The Kier molecular flexibility index (Phi) is 5.19. The largest absolute Gasteiger partial charge is 0.361 e. The van der Waals surface area contributed by atoms with Gasteiger partial charge in [-0.15, -0.1) is 0 Å². The second-order valence-electron chi connectivity index (χ2n) is 6.25. The van der Waals surface area contributed by atoms with Crippen LogP contribution in [0.4, 0.5) is 0 Å². The fourth-order valence-corrected chi connectivity index (χ4v) is 2.92. The number of nitrogens with one attached hydrogen (secondary N) is 2. The van der Waals surface area contributed by atoms with Crippen LogP contribution in [0.2, 0.25) is 0 Å². The Morgan fingerprint density at radius 1 is 1.23 bits per heavy atom. The van der Waals surface area contributed by atoms with Gasteiger partial charge in [-0.05, 0) is 36.6 Å². The van der Waals surface area contributed by atoms with Crippen molar-refractivity contribution in [3.63, 3.8) is 0 Å². The Labute approximate surface area is 153 Å². The van der Waals surface area contributed by atoms with Crippen molar-refractivity contribution in [2.75, 3.05) is 0 Å². The summed E-state index contributed by atoms with van der Waals surface area (Å²) in [4.78, 5) is 15.7. The van der Waals surface area contributed by atoms with Gasteiger partial charge in [0.2, 0.25) is 0 Å². The Balaban J connectivity index is 1.79. The number of para-hydroxylation sites is 1. The highest BCUT2D eigenvalue weighted by Gasteiger charge is 2.14. The van der Waals surface area contributed by atoms with Crippen LogP contribution < -0.4 is 5.32 Å². The number of carbonyl (C=O) groups is 1. The highest BCUT2D eigenvalue weighted by atomic mass is 16.1. The zero-order chi connectivity index (χ0) is 18.5. The summed E-state index contributed by atoms with van der Waals surface area (Å²) in [7, 11) is 0. The van der Waals surface area contributed by atoms with E-state index in [1.54, 1.807) is 6.08 Å². The lowest BCUT2D eigenvalue weighted by Gasteiger charge is -2.14. The van der Waals surface area contributed by atoms with Gasteiger partial charge >= 0.3 is 0 Å². The molecule has 0 aliphatic rings. The number of aryl methyl sites for hydroxylation is 1. The lowest BCUT2D eigenvalue weighted by Crippen LogP contribution is -2.27. The summed E-state index contributed by atoms with van der Waals surface area (Å²) in [5.41, 5.74) is 4.16. The zero-order valence-electron chi connectivity index (χ0n) is 14.9. The molecule has 4 nitrogen and oxygen atoms in total. The van der Waals surface area contributed by atoms with Gasteiger partial charge in [0.1, 0.15) is 11.6 Å². The summed E-state index contributed by atoms with van der Waals surface area (Å²) >= 11 is 0. The van der Waals surface area contributed by atoms with Crippen LogP contribution in [0.25, 0.3) is 17.0 Å². The van der Waals surface area contributed by atoms with E-state index in [1.165, 1.54) is 5.56 Å². The SMILES string of the molecule is CCc1ccc([C@@H](C)NC(=O)/C(C#N)=C\c2c[nH]c3ccccc23)cc1. The highest BCUT2D eigenvalue weighted by molar-refractivity contribution is 6.04. The van der Waals surface area contributed by atoms with E-state index in [0.717, 1.165) is 28.5 Å². The first-order valence-corrected chi connectivity index (χ1v) is 8.70. The number of H-pyrrole nitrogens is 1. The van der Waals surface area contributed by atoms with E-state index in [2.05, 4.69) is 29.4 Å². The van der Waals surface area contributed by atoms with Gasteiger partial charge in [-0.3, -0.25) is 4.79 Å². The first-order chi connectivity index (χ1) is 12.6. The van der Waals surface area contributed by atoms with Gasteiger partial charge < -0.3 is 10.3 Å². The molecule has 0 aliphatic carbocycles. The average Bonchev–Trinajstić information content (AvgIpc) is 3.09. The summed E-state index contributed by atoms with van der Waals surface area (Å²) in [5, 5.41) is 13.3. The molecule has 2 N–H and O–H groups in total. The molecule has 0 fully saturated rings. The number of nitriles is 1. The molecule has 4 heteroatoms. The van der Waals surface area contributed by atoms with Crippen molar-refractivity contribution in [3.8, 4) is 6.07 Å². The standard InChI is InChI=1S/C22H21N3O/c1-3-16-8-10-17(11-9-16)15(2)25-22(26)18(13-23)12-19-14-24-21-7-5-4-6-20(19)21/h4-12,14-15,24H,3H2,1-2H3,(H,25,26)/b18-12-/t15-/m1/s1. The lowest BCUT2D eigenvalue weighted by atomic mass is 10.0. The second kappa shape index (κ2) is 7.71. The predicted octanol–water partition coefficient (Wildman–Crippen LogP) is 4.51. The van der Waals surface area contributed by atoms with Crippen molar-refractivity contribution < 1.29 is 4.79 Å². The van der Waals surface area contributed by atoms with E-state index in [4.69, 9.17) is 0 Å². The van der Waals surface area contributed by atoms with Gasteiger partial charge in [0, 0.05) is 22.7 Å². The van der Waals surface area contributed by atoms with Crippen LogP contribution in [0.1, 0.15) is 36.6 Å². The van der Waals surface area contributed by atoms with E-state index in [1.807, 2.05) is 55.6 Å². The van der Waals surface area contributed by atoms with Crippen LogP contribution in [0, 0.1) is 11.3 Å². The molecule has 0 saturated heterocycles. The number of rotatable bonds is 5. The number of hydrogen-bond donors (Lipinski definition) is 2. The lowest BCUT2D eigenvalue weighted by molar-refractivity contribution is -0.117. The van der Waals surface area contributed by atoms with Crippen LogP contribution in [-0.4, -0.2) is 10.9 Å². The summed E-state index contributed by atoms with van der Waals surface area (Å²) in [6.45, 7) is 4.02. The molecule has 1 atom stereocenters. The number of fused-ring (bicyclic) bond motifs is 1. The third kappa shape index (κ3) is 3.68. The van der Waals surface area contributed by atoms with Crippen LogP contribution in [0.3, 0.4) is 0 Å². The smallest absolute Gasteiger partial charge is 0.262 e. The minimum Gasteiger partial charge on any atom is -0.361 e. The molecule has 1 amide bonds. The number of benzene rings is 2. The van der Waals surface area contributed by atoms with Gasteiger partial charge in [0.15, 0.2) is 0 Å². The maximum absolute atomic E-state index is 12.5. The van der Waals surface area contributed by atoms with Crippen molar-refractivity contribution in [1.29, 1.82) is 5.26 Å². The van der Waals surface area contributed by atoms with Crippen LogP contribution >= 0.6 is 0 Å². The van der Waals surface area contributed by atoms with Crippen molar-refractivity contribution in [3.05, 3.63) is 77.0 Å².